The molecule has 1 aromatic rings. The van der Waals surface area contributed by atoms with Crippen molar-refractivity contribution in [3.8, 4) is 11.5 Å². The summed E-state index contributed by atoms with van der Waals surface area (Å²) in [6.07, 6.45) is 2.76. The van der Waals surface area contributed by atoms with E-state index in [0.717, 1.165) is 25.9 Å². The zero-order valence-electron chi connectivity index (χ0n) is 15.1. The van der Waals surface area contributed by atoms with E-state index >= 15 is 0 Å². The molecule has 0 spiro atoms. The smallest absolute Gasteiger partial charge is 0.228 e. The molecule has 2 fully saturated rings. The minimum Gasteiger partial charge on any atom is -0.493 e. The van der Waals surface area contributed by atoms with E-state index in [1.165, 1.54) is 0 Å². The lowest BCUT2D eigenvalue weighted by Crippen LogP contribution is -2.39. The molecular weight excluding hydrogens is 320 g/mol. The zero-order valence-corrected chi connectivity index (χ0v) is 15.1. The van der Waals surface area contributed by atoms with E-state index < -0.39 is 0 Å². The van der Waals surface area contributed by atoms with Gasteiger partial charge < -0.3 is 19.7 Å². The van der Waals surface area contributed by atoms with Crippen LogP contribution in [-0.2, 0) is 9.59 Å². The third kappa shape index (κ3) is 3.89. The van der Waals surface area contributed by atoms with Gasteiger partial charge in [-0.3, -0.25) is 9.59 Å². The molecule has 6 nitrogen and oxygen atoms in total. The normalized spacial score (nSPS) is 23.1. The van der Waals surface area contributed by atoms with E-state index in [4.69, 9.17) is 9.47 Å². The summed E-state index contributed by atoms with van der Waals surface area (Å²) in [7, 11) is 3.12. The van der Waals surface area contributed by atoms with Crippen molar-refractivity contribution in [3.63, 3.8) is 0 Å². The van der Waals surface area contributed by atoms with Gasteiger partial charge in [-0.1, -0.05) is 6.92 Å². The number of rotatable bonds is 5. The number of methoxy groups -OCH3 is 2. The van der Waals surface area contributed by atoms with Crippen molar-refractivity contribution in [1.29, 1.82) is 0 Å². The molecule has 1 saturated carbocycles. The van der Waals surface area contributed by atoms with Crippen LogP contribution in [0.4, 0.5) is 5.69 Å². The van der Waals surface area contributed by atoms with Crippen molar-refractivity contribution >= 4 is 17.5 Å². The van der Waals surface area contributed by atoms with E-state index in [-0.39, 0.29) is 23.7 Å². The van der Waals surface area contributed by atoms with E-state index in [9.17, 15) is 9.59 Å². The minimum atomic E-state index is -0.222. The number of likely N-dealkylation sites (tertiary alicyclic amines) is 1. The molecule has 1 aliphatic heterocycles. The van der Waals surface area contributed by atoms with E-state index in [0.29, 0.717) is 29.5 Å². The summed E-state index contributed by atoms with van der Waals surface area (Å²) in [6.45, 7) is 3.86. The van der Waals surface area contributed by atoms with Crippen LogP contribution in [0.15, 0.2) is 18.2 Å². The lowest BCUT2D eigenvalue weighted by molar-refractivity contribution is -0.135. The van der Waals surface area contributed by atoms with E-state index in [1.807, 2.05) is 4.90 Å². The van der Waals surface area contributed by atoms with Crippen LogP contribution in [0.1, 0.15) is 26.2 Å². The number of ether oxygens (including phenoxy) is 2. The third-order valence-corrected chi connectivity index (χ3v) is 5.19. The van der Waals surface area contributed by atoms with Gasteiger partial charge in [0.15, 0.2) is 11.5 Å². The lowest BCUT2D eigenvalue weighted by atomic mass is 9.99. The predicted molar refractivity (Wildman–Crippen MR) is 94.8 cm³/mol. The molecule has 1 aliphatic carbocycles. The van der Waals surface area contributed by atoms with Crippen LogP contribution >= 0.6 is 0 Å². The molecule has 2 amide bonds. The maximum absolute atomic E-state index is 12.5. The van der Waals surface area contributed by atoms with Gasteiger partial charge in [-0.15, -0.1) is 0 Å². The van der Waals surface area contributed by atoms with Gasteiger partial charge in [0, 0.05) is 24.8 Å². The predicted octanol–water partition coefficient (Wildman–Crippen LogP) is 2.54. The van der Waals surface area contributed by atoms with Gasteiger partial charge in [0.05, 0.1) is 26.1 Å². The van der Waals surface area contributed by atoms with Crippen LogP contribution in [0.2, 0.25) is 0 Å². The fourth-order valence-corrected chi connectivity index (χ4v) is 3.37. The second-order valence-corrected chi connectivity index (χ2v) is 7.02. The highest BCUT2D eigenvalue weighted by Gasteiger charge is 2.49. The van der Waals surface area contributed by atoms with Gasteiger partial charge >= 0.3 is 0 Å². The van der Waals surface area contributed by atoms with Crippen molar-refractivity contribution in [2.45, 2.75) is 26.2 Å². The number of nitrogens with one attached hydrogen (secondary N) is 1. The van der Waals surface area contributed by atoms with Crippen molar-refractivity contribution in [2.24, 2.45) is 17.8 Å². The van der Waals surface area contributed by atoms with Crippen LogP contribution in [0.25, 0.3) is 0 Å². The first-order valence-electron chi connectivity index (χ1n) is 8.85. The summed E-state index contributed by atoms with van der Waals surface area (Å²) < 4.78 is 10.4. The molecule has 1 heterocycles. The van der Waals surface area contributed by atoms with Gasteiger partial charge in [0.25, 0.3) is 0 Å². The summed E-state index contributed by atoms with van der Waals surface area (Å²) in [5.41, 5.74) is 0.646. The number of benzene rings is 1. The Morgan fingerprint density at radius 3 is 2.40 bits per heavy atom. The maximum Gasteiger partial charge on any atom is 0.228 e. The van der Waals surface area contributed by atoms with Gasteiger partial charge in [-0.25, -0.2) is 0 Å². The molecule has 2 atom stereocenters. The molecule has 6 heteroatoms. The van der Waals surface area contributed by atoms with Gasteiger partial charge in [0.2, 0.25) is 11.8 Å². The highest BCUT2D eigenvalue weighted by Crippen LogP contribution is 2.41. The highest BCUT2D eigenvalue weighted by molar-refractivity contribution is 5.99. The maximum atomic E-state index is 12.5. The third-order valence-electron chi connectivity index (χ3n) is 5.19. The summed E-state index contributed by atoms with van der Waals surface area (Å²) >= 11 is 0. The number of anilines is 1. The Balaban J connectivity index is 1.56. The summed E-state index contributed by atoms with van der Waals surface area (Å²) in [5, 5.41) is 2.88. The van der Waals surface area contributed by atoms with Crippen LogP contribution < -0.4 is 14.8 Å². The first kappa shape index (κ1) is 17.6. The zero-order chi connectivity index (χ0) is 18.0. The number of piperidine rings is 1. The molecule has 1 N–H and O–H groups in total. The van der Waals surface area contributed by atoms with Crippen LogP contribution in [0, 0.1) is 17.8 Å². The Bertz CT molecular complexity index is 653. The Labute approximate surface area is 148 Å². The first-order valence-corrected chi connectivity index (χ1v) is 8.85. The molecule has 0 bridgehead atoms. The number of carbonyl (C=O) groups is 2. The standard InChI is InChI=1S/C19H26N2O4/c1-12-6-8-21(9-7-12)19(23)15-11-14(15)18(22)20-13-4-5-16(24-2)17(10-13)25-3/h4-5,10,12,14-15H,6-9,11H2,1-3H3,(H,20,22). The Kier molecular flexibility index (Phi) is 5.16. The number of hydrogen-bond donors (Lipinski definition) is 1. The summed E-state index contributed by atoms with van der Waals surface area (Å²) in [5.74, 6) is 1.52. The van der Waals surface area contributed by atoms with Crippen LogP contribution in [-0.4, -0.2) is 44.0 Å². The Hall–Kier alpha value is -2.24. The summed E-state index contributed by atoms with van der Waals surface area (Å²) in [6, 6.07) is 5.24. The van der Waals surface area contributed by atoms with Crippen molar-refractivity contribution in [3.05, 3.63) is 18.2 Å². The molecule has 0 aromatic heterocycles. The Morgan fingerprint density at radius 1 is 1.08 bits per heavy atom. The molecular formula is C19H26N2O4. The van der Waals surface area contributed by atoms with Gasteiger partial charge in [0.1, 0.15) is 0 Å². The minimum absolute atomic E-state index is 0.101. The fraction of sp³-hybridized carbons (Fsp3) is 0.579. The molecule has 25 heavy (non-hydrogen) atoms. The van der Waals surface area contributed by atoms with E-state index in [2.05, 4.69) is 12.2 Å². The number of amides is 2. The van der Waals surface area contributed by atoms with Crippen molar-refractivity contribution < 1.29 is 19.1 Å². The number of nitrogens with zero attached hydrogens (tertiary/aromatic N) is 1. The number of hydrogen-bond acceptors (Lipinski definition) is 4. The average molecular weight is 346 g/mol. The molecule has 1 saturated heterocycles. The van der Waals surface area contributed by atoms with Crippen molar-refractivity contribution in [1.82, 2.24) is 4.90 Å². The highest BCUT2D eigenvalue weighted by atomic mass is 16.5. The molecule has 136 valence electrons. The largest absolute Gasteiger partial charge is 0.493 e. The fourth-order valence-electron chi connectivity index (χ4n) is 3.37. The second kappa shape index (κ2) is 7.33. The molecule has 1 aromatic carbocycles. The molecule has 3 rings (SSSR count). The SMILES string of the molecule is COc1ccc(NC(=O)C2CC2C(=O)N2CCC(C)CC2)cc1OC. The Morgan fingerprint density at radius 2 is 1.76 bits per heavy atom. The average Bonchev–Trinajstić information content (AvgIpc) is 3.42. The van der Waals surface area contributed by atoms with Crippen LogP contribution in [0.5, 0.6) is 11.5 Å². The van der Waals surface area contributed by atoms with E-state index in [1.54, 1.807) is 32.4 Å². The number of carbonyl (C=O) groups excluding carboxylic acids is 2. The van der Waals surface area contributed by atoms with Crippen molar-refractivity contribution in [2.75, 3.05) is 32.6 Å². The second-order valence-electron chi connectivity index (χ2n) is 7.02. The first-order chi connectivity index (χ1) is 12.0. The quantitative estimate of drug-likeness (QED) is 0.890. The lowest BCUT2D eigenvalue weighted by Gasteiger charge is -2.30. The molecule has 0 radical (unpaired) electrons. The monoisotopic (exact) mass is 346 g/mol. The van der Waals surface area contributed by atoms with Gasteiger partial charge in [-0.2, -0.15) is 0 Å². The topological polar surface area (TPSA) is 67.9 Å². The van der Waals surface area contributed by atoms with Crippen LogP contribution in [0.3, 0.4) is 0 Å². The molecule has 2 unspecified atom stereocenters. The van der Waals surface area contributed by atoms with Gasteiger partial charge in [-0.05, 0) is 37.3 Å². The molecule has 2 aliphatic rings. The summed E-state index contributed by atoms with van der Waals surface area (Å²) in [4.78, 5) is 26.9.